The van der Waals surface area contributed by atoms with Gasteiger partial charge in [-0.1, -0.05) is 29.3 Å². The van der Waals surface area contributed by atoms with Crippen molar-refractivity contribution < 1.29 is 4.79 Å². The molecule has 0 saturated carbocycles. The first-order valence-corrected chi connectivity index (χ1v) is 4.37. The minimum absolute atomic E-state index is 0.501. The molecule has 1 aromatic rings. The molecule has 0 fully saturated rings. The lowest BCUT2D eigenvalue weighted by Crippen LogP contribution is -1.86. The molecular formula is C9H8Cl2O. The first-order valence-electron chi connectivity index (χ1n) is 3.61. The van der Waals surface area contributed by atoms with Crippen LogP contribution in [0.2, 0.25) is 10.0 Å². The molecule has 0 saturated heterocycles. The molecule has 0 N–H and O–H groups in total. The van der Waals surface area contributed by atoms with Crippen molar-refractivity contribution in [3.8, 4) is 0 Å². The minimum atomic E-state index is 0.501. The Bertz CT molecular complexity index is 284. The maximum Gasteiger partial charge on any atom is 0.120 e. The summed E-state index contributed by atoms with van der Waals surface area (Å²) in [5.74, 6) is 0. The highest BCUT2D eigenvalue weighted by molar-refractivity contribution is 6.35. The maximum atomic E-state index is 10.1. The highest BCUT2D eigenvalue weighted by atomic mass is 35.5. The molecule has 0 aromatic heterocycles. The van der Waals surface area contributed by atoms with Gasteiger partial charge in [-0.3, -0.25) is 0 Å². The zero-order valence-electron chi connectivity index (χ0n) is 6.39. The van der Waals surface area contributed by atoms with E-state index in [4.69, 9.17) is 23.2 Å². The Morgan fingerprint density at radius 2 is 2.08 bits per heavy atom. The molecule has 0 spiro atoms. The molecule has 3 heteroatoms. The maximum absolute atomic E-state index is 10.1. The van der Waals surface area contributed by atoms with Gasteiger partial charge in [-0.25, -0.2) is 0 Å². The van der Waals surface area contributed by atoms with Crippen LogP contribution in [0.3, 0.4) is 0 Å². The van der Waals surface area contributed by atoms with Crippen molar-refractivity contribution in [1.29, 1.82) is 0 Å². The van der Waals surface area contributed by atoms with Crippen molar-refractivity contribution in [1.82, 2.24) is 0 Å². The Balaban J connectivity index is 2.78. The first kappa shape index (κ1) is 9.56. The number of halogens is 2. The molecule has 0 amide bonds. The van der Waals surface area contributed by atoms with Crippen LogP contribution in [-0.2, 0) is 11.2 Å². The molecule has 0 atom stereocenters. The van der Waals surface area contributed by atoms with Crippen LogP contribution in [0.5, 0.6) is 0 Å². The van der Waals surface area contributed by atoms with Crippen LogP contribution in [0.4, 0.5) is 0 Å². The topological polar surface area (TPSA) is 17.1 Å². The number of aryl methyl sites for hydroxylation is 1. The average molecular weight is 203 g/mol. The molecule has 1 nitrogen and oxygen atoms in total. The van der Waals surface area contributed by atoms with Gasteiger partial charge in [0, 0.05) is 16.5 Å². The fourth-order valence-electron chi connectivity index (χ4n) is 0.939. The van der Waals surface area contributed by atoms with Gasteiger partial charge in [0.2, 0.25) is 0 Å². The second-order valence-electron chi connectivity index (χ2n) is 2.44. The van der Waals surface area contributed by atoms with Crippen LogP contribution < -0.4 is 0 Å². The van der Waals surface area contributed by atoms with E-state index < -0.39 is 0 Å². The number of carbonyl (C=O) groups is 1. The number of carbonyl (C=O) groups excluding carboxylic acids is 1. The second-order valence-corrected chi connectivity index (χ2v) is 3.28. The van der Waals surface area contributed by atoms with Crippen LogP contribution in [0, 0.1) is 0 Å². The van der Waals surface area contributed by atoms with Gasteiger partial charge in [0.15, 0.2) is 0 Å². The van der Waals surface area contributed by atoms with Crippen LogP contribution in [0.25, 0.3) is 0 Å². The standard InChI is InChI=1S/C9H8Cl2O/c10-8-4-3-7(2-1-5-12)9(11)6-8/h3-6H,1-2H2. The van der Waals surface area contributed by atoms with Gasteiger partial charge in [0.05, 0.1) is 0 Å². The number of hydrogen-bond acceptors (Lipinski definition) is 1. The van der Waals surface area contributed by atoms with Crippen LogP contribution in [0.15, 0.2) is 18.2 Å². The highest BCUT2D eigenvalue weighted by Crippen LogP contribution is 2.21. The fraction of sp³-hybridized carbons (Fsp3) is 0.222. The highest BCUT2D eigenvalue weighted by Gasteiger charge is 1.99. The van der Waals surface area contributed by atoms with Crippen molar-refractivity contribution in [2.75, 3.05) is 0 Å². The van der Waals surface area contributed by atoms with Gasteiger partial charge in [0.25, 0.3) is 0 Å². The number of hydrogen-bond donors (Lipinski definition) is 0. The lowest BCUT2D eigenvalue weighted by Gasteiger charge is -2.00. The smallest absolute Gasteiger partial charge is 0.120 e. The van der Waals surface area contributed by atoms with Crippen molar-refractivity contribution in [2.24, 2.45) is 0 Å². The molecule has 0 heterocycles. The summed E-state index contributed by atoms with van der Waals surface area (Å²) in [4.78, 5) is 10.1. The Morgan fingerprint density at radius 3 is 2.67 bits per heavy atom. The summed E-state index contributed by atoms with van der Waals surface area (Å²) in [5.41, 5.74) is 0.966. The molecule has 0 bridgehead atoms. The lowest BCUT2D eigenvalue weighted by atomic mass is 10.1. The summed E-state index contributed by atoms with van der Waals surface area (Å²) in [6.07, 6.45) is 2.06. The molecule has 1 aromatic carbocycles. The third-order valence-corrected chi connectivity index (χ3v) is 2.13. The zero-order chi connectivity index (χ0) is 8.97. The summed E-state index contributed by atoms with van der Waals surface area (Å²) in [6, 6.07) is 5.30. The Morgan fingerprint density at radius 1 is 1.33 bits per heavy atom. The normalized spacial score (nSPS) is 9.83. The number of aldehydes is 1. The van der Waals surface area contributed by atoms with Crippen molar-refractivity contribution in [3.63, 3.8) is 0 Å². The Kier molecular flexibility index (Phi) is 3.57. The van der Waals surface area contributed by atoms with Gasteiger partial charge in [0.1, 0.15) is 6.29 Å². The summed E-state index contributed by atoms with van der Waals surface area (Å²) in [6.45, 7) is 0. The molecule has 0 aliphatic carbocycles. The van der Waals surface area contributed by atoms with E-state index in [1.807, 2.05) is 6.07 Å². The molecule has 0 aliphatic heterocycles. The molecular weight excluding hydrogens is 195 g/mol. The summed E-state index contributed by atoms with van der Waals surface area (Å²) < 4.78 is 0. The molecule has 64 valence electrons. The van der Waals surface area contributed by atoms with Gasteiger partial charge in [-0.15, -0.1) is 0 Å². The number of rotatable bonds is 3. The zero-order valence-corrected chi connectivity index (χ0v) is 7.90. The van der Waals surface area contributed by atoms with Crippen molar-refractivity contribution in [3.05, 3.63) is 33.8 Å². The average Bonchev–Trinajstić information content (AvgIpc) is 2.03. The summed E-state index contributed by atoms with van der Waals surface area (Å²) >= 11 is 11.6. The molecule has 0 radical (unpaired) electrons. The van der Waals surface area contributed by atoms with E-state index in [-0.39, 0.29) is 0 Å². The van der Waals surface area contributed by atoms with Gasteiger partial charge >= 0.3 is 0 Å². The van der Waals surface area contributed by atoms with E-state index in [1.165, 1.54) is 0 Å². The minimum Gasteiger partial charge on any atom is -0.303 e. The van der Waals surface area contributed by atoms with E-state index in [9.17, 15) is 4.79 Å². The largest absolute Gasteiger partial charge is 0.303 e. The molecule has 0 unspecified atom stereocenters. The van der Waals surface area contributed by atoms with Crippen LogP contribution >= 0.6 is 23.2 Å². The van der Waals surface area contributed by atoms with E-state index in [1.54, 1.807) is 12.1 Å². The Labute approximate surface area is 81.3 Å². The summed E-state index contributed by atoms with van der Waals surface area (Å²) in [7, 11) is 0. The SMILES string of the molecule is O=CCCc1ccc(Cl)cc1Cl. The van der Waals surface area contributed by atoms with Gasteiger partial charge in [-0.05, 0) is 24.1 Å². The lowest BCUT2D eigenvalue weighted by molar-refractivity contribution is -0.107. The third kappa shape index (κ3) is 2.50. The monoisotopic (exact) mass is 202 g/mol. The first-order chi connectivity index (χ1) is 5.74. The van der Waals surface area contributed by atoms with Crippen molar-refractivity contribution >= 4 is 29.5 Å². The molecule has 1 rings (SSSR count). The van der Waals surface area contributed by atoms with E-state index in [0.29, 0.717) is 22.9 Å². The van der Waals surface area contributed by atoms with Gasteiger partial charge in [-0.2, -0.15) is 0 Å². The van der Waals surface area contributed by atoms with Crippen molar-refractivity contribution in [2.45, 2.75) is 12.8 Å². The fourth-order valence-corrected chi connectivity index (χ4v) is 1.44. The quantitative estimate of drug-likeness (QED) is 0.689. The summed E-state index contributed by atoms with van der Waals surface area (Å²) in [5, 5.41) is 1.25. The number of benzene rings is 1. The molecule has 0 aliphatic rings. The third-order valence-electron chi connectivity index (χ3n) is 1.55. The van der Waals surface area contributed by atoms with E-state index in [2.05, 4.69) is 0 Å². The molecule has 12 heavy (non-hydrogen) atoms. The van der Waals surface area contributed by atoms with Crippen LogP contribution in [0.1, 0.15) is 12.0 Å². The van der Waals surface area contributed by atoms with E-state index >= 15 is 0 Å². The predicted molar refractivity (Wildman–Crippen MR) is 50.8 cm³/mol. The van der Waals surface area contributed by atoms with E-state index in [0.717, 1.165) is 11.8 Å². The second kappa shape index (κ2) is 4.48. The predicted octanol–water partition coefficient (Wildman–Crippen LogP) is 3.12. The van der Waals surface area contributed by atoms with Crippen LogP contribution in [-0.4, -0.2) is 6.29 Å². The van der Waals surface area contributed by atoms with Gasteiger partial charge < -0.3 is 4.79 Å². The Hall–Kier alpha value is -0.530.